The van der Waals surface area contributed by atoms with Gasteiger partial charge in [0.15, 0.2) is 6.10 Å². The number of alkyl halides is 4. The second kappa shape index (κ2) is 7.34. The van der Waals surface area contributed by atoms with Gasteiger partial charge in [-0.2, -0.15) is 13.2 Å². The van der Waals surface area contributed by atoms with Crippen molar-refractivity contribution in [3.63, 3.8) is 0 Å². The number of rotatable bonds is 3. The van der Waals surface area contributed by atoms with Crippen molar-refractivity contribution in [2.24, 2.45) is 0 Å². The molecule has 0 rings (SSSR count). The minimum atomic E-state index is -4.20. The second-order valence-corrected chi connectivity index (χ2v) is 2.05. The number of ether oxygens (including phenoxy) is 1. The van der Waals surface area contributed by atoms with E-state index in [1.807, 2.05) is 0 Å². The first kappa shape index (κ1) is 14.2. The van der Waals surface area contributed by atoms with Crippen molar-refractivity contribution in [1.29, 1.82) is 0 Å². The molecule has 1 nitrogen and oxygen atoms in total. The molecule has 76 valence electrons. The third kappa shape index (κ3) is 6.39. The summed E-state index contributed by atoms with van der Waals surface area (Å²) in [5, 5.41) is 0. The molecule has 0 aliphatic rings. The Balaban J connectivity index is 0. The summed E-state index contributed by atoms with van der Waals surface area (Å²) in [6.45, 7) is 1.69. The Bertz CT molecular complexity index is 91.9. The topological polar surface area (TPSA) is 9.23 Å². The number of hydrogen-bond acceptors (Lipinski definition) is 1. The van der Waals surface area contributed by atoms with Crippen LogP contribution in [0.15, 0.2) is 0 Å². The summed E-state index contributed by atoms with van der Waals surface area (Å²) < 4.78 is 49.1. The van der Waals surface area contributed by atoms with Crippen molar-refractivity contribution in [2.75, 3.05) is 14.3 Å². The Hall–Kier alpha value is -0.320. The number of halogens is 4. The highest BCUT2D eigenvalue weighted by molar-refractivity contribution is 4.65. The van der Waals surface area contributed by atoms with Crippen molar-refractivity contribution < 1.29 is 22.3 Å². The van der Waals surface area contributed by atoms with E-state index in [1.54, 1.807) is 6.92 Å². The number of hydrogen-bond donors (Lipinski definition) is 0. The molecule has 5 heteroatoms. The maximum atomic E-state index is 11.8. The van der Waals surface area contributed by atoms with Crippen molar-refractivity contribution >= 4 is 0 Å². The molecule has 0 N–H and O–H groups in total. The van der Waals surface area contributed by atoms with Gasteiger partial charge >= 0.3 is 6.18 Å². The monoisotopic (exact) mass is 190 g/mol. The molecule has 0 heterocycles. The highest BCUT2D eigenvalue weighted by atomic mass is 19.4. The lowest BCUT2D eigenvalue weighted by molar-refractivity contribution is -0.214. The highest BCUT2D eigenvalue weighted by Crippen LogP contribution is 2.25. The van der Waals surface area contributed by atoms with E-state index in [2.05, 4.69) is 4.74 Å². The largest absolute Gasteiger partial charge is 0.414 e. The van der Waals surface area contributed by atoms with Crippen LogP contribution in [0, 0.1) is 0 Å². The Labute approximate surface area is 69.7 Å². The van der Waals surface area contributed by atoms with Gasteiger partial charge in [0.2, 0.25) is 0 Å². The SMILES string of the molecule is CCCC(OC)C(F)(F)F.CF. The fourth-order valence-corrected chi connectivity index (χ4v) is 0.677. The summed E-state index contributed by atoms with van der Waals surface area (Å²) in [6.07, 6.45) is -5.26. The van der Waals surface area contributed by atoms with Gasteiger partial charge in [-0.05, 0) is 6.42 Å². The zero-order valence-corrected chi connectivity index (χ0v) is 7.41. The van der Waals surface area contributed by atoms with Crippen LogP contribution in [0.2, 0.25) is 0 Å². The van der Waals surface area contributed by atoms with Gasteiger partial charge in [-0.25, -0.2) is 0 Å². The molecule has 0 spiro atoms. The van der Waals surface area contributed by atoms with Crippen LogP contribution in [-0.2, 0) is 4.74 Å². The van der Waals surface area contributed by atoms with Gasteiger partial charge in [-0.15, -0.1) is 0 Å². The molecule has 0 saturated heterocycles. The van der Waals surface area contributed by atoms with Crippen LogP contribution in [0.4, 0.5) is 17.6 Å². The van der Waals surface area contributed by atoms with Crippen LogP contribution in [0.25, 0.3) is 0 Å². The predicted molar refractivity (Wildman–Crippen MR) is 38.8 cm³/mol. The standard InChI is InChI=1S/C6H11F3O.CH3F/c1-3-4-5(10-2)6(7,8)9;1-2/h5H,3-4H2,1-2H3;1H3. The first-order valence-electron chi connectivity index (χ1n) is 3.49. The molecule has 0 aliphatic heterocycles. The average molecular weight is 190 g/mol. The molecule has 1 atom stereocenters. The minimum Gasteiger partial charge on any atom is -0.372 e. The molecule has 12 heavy (non-hydrogen) atoms. The first-order chi connectivity index (χ1) is 5.52. The molecule has 0 aliphatic carbocycles. The third-order valence-corrected chi connectivity index (χ3v) is 1.20. The maximum absolute atomic E-state index is 11.8. The van der Waals surface area contributed by atoms with Crippen LogP contribution in [-0.4, -0.2) is 26.6 Å². The quantitative estimate of drug-likeness (QED) is 0.621. The summed E-state index contributed by atoms with van der Waals surface area (Å²) in [7, 11) is 1.58. The lowest BCUT2D eigenvalue weighted by atomic mass is 10.2. The van der Waals surface area contributed by atoms with Gasteiger partial charge in [0.05, 0.1) is 7.18 Å². The lowest BCUT2D eigenvalue weighted by Gasteiger charge is -2.17. The molecular formula is C7H14F4O. The van der Waals surface area contributed by atoms with Gasteiger partial charge in [0.25, 0.3) is 0 Å². The molecular weight excluding hydrogens is 176 g/mol. The normalized spacial score (nSPS) is 13.2. The van der Waals surface area contributed by atoms with Crippen molar-refractivity contribution in [2.45, 2.75) is 32.0 Å². The third-order valence-electron chi connectivity index (χ3n) is 1.20. The van der Waals surface area contributed by atoms with E-state index >= 15 is 0 Å². The highest BCUT2D eigenvalue weighted by Gasteiger charge is 2.38. The van der Waals surface area contributed by atoms with Crippen LogP contribution in [0.3, 0.4) is 0 Å². The maximum Gasteiger partial charge on any atom is 0.414 e. The Morgan fingerprint density at radius 2 is 1.67 bits per heavy atom. The molecule has 0 radical (unpaired) electrons. The van der Waals surface area contributed by atoms with E-state index in [0.717, 1.165) is 7.11 Å². The molecule has 0 aromatic carbocycles. The predicted octanol–water partition coefficient (Wildman–Crippen LogP) is 2.95. The Kier molecular flexibility index (Phi) is 8.69. The van der Waals surface area contributed by atoms with Crippen LogP contribution >= 0.6 is 0 Å². The molecule has 0 fully saturated rings. The second-order valence-electron chi connectivity index (χ2n) is 2.05. The van der Waals surface area contributed by atoms with Gasteiger partial charge in [-0.1, -0.05) is 13.3 Å². The van der Waals surface area contributed by atoms with E-state index in [0.29, 0.717) is 13.6 Å². The minimum absolute atomic E-state index is 0.0417. The van der Waals surface area contributed by atoms with Crippen molar-refractivity contribution in [1.82, 2.24) is 0 Å². The van der Waals surface area contributed by atoms with Crippen LogP contribution in [0.1, 0.15) is 19.8 Å². The Morgan fingerprint density at radius 1 is 1.25 bits per heavy atom. The molecule has 0 bridgehead atoms. The Morgan fingerprint density at radius 3 is 1.75 bits per heavy atom. The van der Waals surface area contributed by atoms with Gasteiger partial charge in [0.1, 0.15) is 0 Å². The summed E-state index contributed by atoms with van der Waals surface area (Å²) >= 11 is 0. The summed E-state index contributed by atoms with van der Waals surface area (Å²) in [5.41, 5.74) is 0. The lowest BCUT2D eigenvalue weighted by Crippen LogP contribution is -2.30. The molecule has 0 amide bonds. The fraction of sp³-hybridized carbons (Fsp3) is 1.00. The van der Waals surface area contributed by atoms with Gasteiger partial charge in [-0.3, -0.25) is 4.39 Å². The zero-order chi connectivity index (χ0) is 10.2. The summed E-state index contributed by atoms with van der Waals surface area (Å²) in [5.74, 6) is 0. The van der Waals surface area contributed by atoms with E-state index in [1.165, 1.54) is 0 Å². The van der Waals surface area contributed by atoms with E-state index < -0.39 is 12.3 Å². The zero-order valence-electron chi connectivity index (χ0n) is 7.41. The first-order valence-corrected chi connectivity index (χ1v) is 3.49. The van der Waals surface area contributed by atoms with E-state index in [9.17, 15) is 17.6 Å². The van der Waals surface area contributed by atoms with Crippen LogP contribution < -0.4 is 0 Å². The van der Waals surface area contributed by atoms with Gasteiger partial charge in [0, 0.05) is 7.11 Å². The summed E-state index contributed by atoms with van der Waals surface area (Å²) in [6, 6.07) is 0. The average Bonchev–Trinajstić information content (AvgIpc) is 2.02. The van der Waals surface area contributed by atoms with E-state index in [4.69, 9.17) is 0 Å². The molecule has 1 unspecified atom stereocenters. The smallest absolute Gasteiger partial charge is 0.372 e. The molecule has 0 saturated carbocycles. The van der Waals surface area contributed by atoms with Crippen LogP contribution in [0.5, 0.6) is 0 Å². The summed E-state index contributed by atoms with van der Waals surface area (Å²) in [4.78, 5) is 0. The fourth-order valence-electron chi connectivity index (χ4n) is 0.677. The molecule has 0 aromatic rings. The van der Waals surface area contributed by atoms with Gasteiger partial charge < -0.3 is 4.74 Å². The number of methoxy groups -OCH3 is 1. The van der Waals surface area contributed by atoms with Crippen molar-refractivity contribution in [3.05, 3.63) is 0 Å². The molecule has 0 aromatic heterocycles. The van der Waals surface area contributed by atoms with E-state index in [-0.39, 0.29) is 6.42 Å². The van der Waals surface area contributed by atoms with Crippen molar-refractivity contribution in [3.8, 4) is 0 Å².